The predicted molar refractivity (Wildman–Crippen MR) is 74.3 cm³/mol. The molecule has 1 aliphatic heterocycles. The molecule has 1 N–H and O–H groups in total. The molecular formula is C15H30N2. The summed E-state index contributed by atoms with van der Waals surface area (Å²) in [5.74, 6) is 1.95. The molecule has 0 aromatic carbocycles. The lowest BCUT2D eigenvalue weighted by molar-refractivity contribution is 0.0787. The molecule has 1 saturated heterocycles. The Hall–Kier alpha value is -0.0800. The third kappa shape index (κ3) is 3.45. The van der Waals surface area contributed by atoms with Crippen molar-refractivity contribution in [1.29, 1.82) is 0 Å². The predicted octanol–water partition coefficient (Wildman–Crippen LogP) is 2.89. The Balaban J connectivity index is 1.68. The van der Waals surface area contributed by atoms with Gasteiger partial charge in [-0.05, 0) is 63.6 Å². The van der Waals surface area contributed by atoms with Crippen LogP contribution in [0.2, 0.25) is 0 Å². The van der Waals surface area contributed by atoms with Crippen molar-refractivity contribution in [1.82, 2.24) is 10.2 Å². The first-order chi connectivity index (χ1) is 8.35. The van der Waals surface area contributed by atoms with Crippen LogP contribution in [0.25, 0.3) is 0 Å². The van der Waals surface area contributed by atoms with E-state index in [4.69, 9.17) is 0 Å². The van der Waals surface area contributed by atoms with Crippen LogP contribution in [0, 0.1) is 11.8 Å². The Morgan fingerprint density at radius 1 is 1.12 bits per heavy atom. The van der Waals surface area contributed by atoms with Gasteiger partial charge in [0.25, 0.3) is 0 Å². The minimum absolute atomic E-state index is 0.918. The van der Waals surface area contributed by atoms with Gasteiger partial charge in [0.1, 0.15) is 0 Å². The Morgan fingerprint density at radius 2 is 2.00 bits per heavy atom. The van der Waals surface area contributed by atoms with Crippen molar-refractivity contribution in [3.8, 4) is 0 Å². The van der Waals surface area contributed by atoms with Crippen LogP contribution >= 0.6 is 0 Å². The standard InChI is InChI=1S/C15H30N2/c1-3-5-13-8-10-17(12-13)15-7-6-14(15)11-16-9-4-2/h13-16H,3-12H2,1-2H3. The second-order valence-electron chi connectivity index (χ2n) is 6.05. The fourth-order valence-electron chi connectivity index (χ4n) is 3.54. The summed E-state index contributed by atoms with van der Waals surface area (Å²) in [6.07, 6.45) is 8.44. The molecule has 2 rings (SSSR count). The number of likely N-dealkylation sites (tertiary alicyclic amines) is 1. The van der Waals surface area contributed by atoms with E-state index in [-0.39, 0.29) is 0 Å². The highest BCUT2D eigenvalue weighted by molar-refractivity contribution is 4.93. The smallest absolute Gasteiger partial charge is 0.0136 e. The molecule has 0 amide bonds. The maximum atomic E-state index is 3.60. The van der Waals surface area contributed by atoms with E-state index in [1.165, 1.54) is 64.7 Å². The van der Waals surface area contributed by atoms with Crippen LogP contribution in [0.15, 0.2) is 0 Å². The van der Waals surface area contributed by atoms with Gasteiger partial charge in [0, 0.05) is 12.6 Å². The molecule has 100 valence electrons. The first kappa shape index (κ1) is 13.4. The van der Waals surface area contributed by atoms with Crippen molar-refractivity contribution in [2.75, 3.05) is 26.2 Å². The van der Waals surface area contributed by atoms with E-state index < -0.39 is 0 Å². The molecule has 3 unspecified atom stereocenters. The third-order valence-electron chi connectivity index (χ3n) is 4.69. The molecule has 2 heteroatoms. The van der Waals surface area contributed by atoms with Crippen LogP contribution in [0.3, 0.4) is 0 Å². The van der Waals surface area contributed by atoms with Gasteiger partial charge >= 0.3 is 0 Å². The first-order valence-electron chi connectivity index (χ1n) is 7.79. The van der Waals surface area contributed by atoms with Crippen molar-refractivity contribution in [3.05, 3.63) is 0 Å². The van der Waals surface area contributed by atoms with Crippen molar-refractivity contribution in [2.24, 2.45) is 11.8 Å². The number of hydrogen-bond donors (Lipinski definition) is 1. The van der Waals surface area contributed by atoms with Gasteiger partial charge in [-0.25, -0.2) is 0 Å². The minimum atomic E-state index is 0.918. The van der Waals surface area contributed by atoms with E-state index in [0.717, 1.165) is 17.9 Å². The maximum absolute atomic E-state index is 3.60. The summed E-state index contributed by atoms with van der Waals surface area (Å²) >= 11 is 0. The van der Waals surface area contributed by atoms with Crippen molar-refractivity contribution in [3.63, 3.8) is 0 Å². The van der Waals surface area contributed by atoms with Crippen molar-refractivity contribution in [2.45, 2.75) is 58.4 Å². The largest absolute Gasteiger partial charge is 0.316 e. The second-order valence-corrected chi connectivity index (χ2v) is 6.05. The van der Waals surface area contributed by atoms with Gasteiger partial charge in [-0.1, -0.05) is 20.3 Å². The van der Waals surface area contributed by atoms with Crippen LogP contribution in [0.5, 0.6) is 0 Å². The Kier molecular flexibility index (Phi) is 5.30. The molecule has 0 bridgehead atoms. The average Bonchev–Trinajstić information content (AvgIpc) is 2.72. The van der Waals surface area contributed by atoms with Gasteiger partial charge in [-0.15, -0.1) is 0 Å². The number of hydrogen-bond acceptors (Lipinski definition) is 2. The summed E-state index contributed by atoms with van der Waals surface area (Å²) < 4.78 is 0. The zero-order chi connectivity index (χ0) is 12.1. The number of nitrogens with one attached hydrogen (secondary N) is 1. The monoisotopic (exact) mass is 238 g/mol. The molecule has 2 fully saturated rings. The van der Waals surface area contributed by atoms with Gasteiger partial charge in [0.15, 0.2) is 0 Å². The van der Waals surface area contributed by atoms with Gasteiger partial charge < -0.3 is 5.32 Å². The summed E-state index contributed by atoms with van der Waals surface area (Å²) in [5.41, 5.74) is 0. The van der Waals surface area contributed by atoms with Crippen molar-refractivity contribution >= 4 is 0 Å². The van der Waals surface area contributed by atoms with E-state index in [1.54, 1.807) is 0 Å². The average molecular weight is 238 g/mol. The molecule has 1 heterocycles. The highest BCUT2D eigenvalue weighted by atomic mass is 15.2. The van der Waals surface area contributed by atoms with Crippen LogP contribution in [-0.2, 0) is 0 Å². The lowest BCUT2D eigenvalue weighted by atomic mass is 9.78. The van der Waals surface area contributed by atoms with E-state index in [9.17, 15) is 0 Å². The maximum Gasteiger partial charge on any atom is 0.0136 e. The number of rotatable bonds is 7. The summed E-state index contributed by atoms with van der Waals surface area (Å²) in [7, 11) is 0. The topological polar surface area (TPSA) is 15.3 Å². The molecule has 0 aromatic heterocycles. The fraction of sp³-hybridized carbons (Fsp3) is 1.00. The summed E-state index contributed by atoms with van der Waals surface area (Å²) in [6.45, 7) is 9.79. The van der Waals surface area contributed by atoms with Crippen LogP contribution < -0.4 is 5.32 Å². The zero-order valence-electron chi connectivity index (χ0n) is 11.8. The molecular weight excluding hydrogens is 208 g/mol. The Morgan fingerprint density at radius 3 is 2.65 bits per heavy atom. The SMILES string of the molecule is CCCNCC1CCC1N1CCC(CCC)C1. The van der Waals surface area contributed by atoms with E-state index >= 15 is 0 Å². The summed E-state index contributed by atoms with van der Waals surface area (Å²) in [6, 6.07) is 0.918. The van der Waals surface area contributed by atoms with Gasteiger partial charge in [-0.3, -0.25) is 4.90 Å². The van der Waals surface area contributed by atoms with Crippen LogP contribution in [0.4, 0.5) is 0 Å². The Bertz CT molecular complexity index is 217. The van der Waals surface area contributed by atoms with Crippen molar-refractivity contribution < 1.29 is 0 Å². The summed E-state index contributed by atoms with van der Waals surface area (Å²) in [5, 5.41) is 3.60. The molecule has 2 nitrogen and oxygen atoms in total. The quantitative estimate of drug-likeness (QED) is 0.686. The minimum Gasteiger partial charge on any atom is -0.316 e. The molecule has 0 aromatic rings. The van der Waals surface area contributed by atoms with Crippen LogP contribution in [0.1, 0.15) is 52.4 Å². The highest BCUT2D eigenvalue weighted by Crippen LogP contribution is 2.35. The second kappa shape index (κ2) is 6.75. The van der Waals surface area contributed by atoms with E-state index in [1.807, 2.05) is 0 Å². The molecule has 17 heavy (non-hydrogen) atoms. The van der Waals surface area contributed by atoms with Gasteiger partial charge in [-0.2, -0.15) is 0 Å². The third-order valence-corrected chi connectivity index (χ3v) is 4.69. The Labute approximate surface area is 107 Å². The molecule has 0 spiro atoms. The molecule has 2 aliphatic rings. The van der Waals surface area contributed by atoms with Gasteiger partial charge in [0.05, 0.1) is 0 Å². The zero-order valence-corrected chi connectivity index (χ0v) is 11.8. The number of nitrogens with zero attached hydrogens (tertiary/aromatic N) is 1. The summed E-state index contributed by atoms with van der Waals surface area (Å²) in [4.78, 5) is 2.79. The van der Waals surface area contributed by atoms with E-state index in [2.05, 4.69) is 24.1 Å². The van der Waals surface area contributed by atoms with Gasteiger partial charge in [0.2, 0.25) is 0 Å². The molecule has 1 saturated carbocycles. The normalized spacial score (nSPS) is 33.9. The fourth-order valence-corrected chi connectivity index (χ4v) is 3.54. The van der Waals surface area contributed by atoms with E-state index in [0.29, 0.717) is 0 Å². The lowest BCUT2D eigenvalue weighted by Crippen LogP contribution is -2.49. The highest BCUT2D eigenvalue weighted by Gasteiger charge is 2.37. The lowest BCUT2D eigenvalue weighted by Gasteiger charge is -2.43. The molecule has 1 aliphatic carbocycles. The molecule has 3 atom stereocenters. The molecule has 0 radical (unpaired) electrons. The van der Waals surface area contributed by atoms with Crippen LogP contribution in [-0.4, -0.2) is 37.1 Å². The first-order valence-corrected chi connectivity index (χ1v) is 7.79.